The lowest BCUT2D eigenvalue weighted by Crippen LogP contribution is -2.64. The molecule has 47 heavy (non-hydrogen) atoms. The van der Waals surface area contributed by atoms with E-state index in [9.17, 15) is 41.5 Å². The van der Waals surface area contributed by atoms with Gasteiger partial charge in [0.2, 0.25) is 5.91 Å². The van der Waals surface area contributed by atoms with Crippen molar-refractivity contribution >= 4 is 44.8 Å². The maximum absolute atomic E-state index is 15.3. The van der Waals surface area contributed by atoms with Gasteiger partial charge in [0.05, 0.1) is 28.3 Å². The molecule has 4 heterocycles. The van der Waals surface area contributed by atoms with E-state index in [4.69, 9.17) is 0 Å². The Hall–Kier alpha value is -4.06. The van der Waals surface area contributed by atoms with Crippen LogP contribution < -0.4 is 20.4 Å². The zero-order valence-electron chi connectivity index (χ0n) is 25.1. The van der Waals surface area contributed by atoms with E-state index in [1.54, 1.807) is 4.90 Å². The summed E-state index contributed by atoms with van der Waals surface area (Å²) in [7, 11) is -3.83. The number of carbonyl (C=O) groups is 4. The summed E-state index contributed by atoms with van der Waals surface area (Å²) < 4.78 is 68.7. The highest BCUT2D eigenvalue weighted by Crippen LogP contribution is 2.49. The van der Waals surface area contributed by atoms with Crippen molar-refractivity contribution in [1.29, 1.82) is 0 Å². The quantitative estimate of drug-likeness (QED) is 0.350. The van der Waals surface area contributed by atoms with Crippen molar-refractivity contribution in [2.45, 2.75) is 29.5 Å². The van der Waals surface area contributed by atoms with Gasteiger partial charge in [-0.1, -0.05) is 0 Å². The fraction of sp³-hybridized carbons (Fsp3) is 0.467. The molecule has 0 spiro atoms. The average Bonchev–Trinajstić information content (AvgIpc) is 3.37. The Kier molecular flexibility index (Phi) is 7.38. The molecule has 2 atom stereocenters. The second-order valence-corrected chi connectivity index (χ2v) is 14.7. The number of anilines is 2. The molecule has 3 fully saturated rings. The Morgan fingerprint density at radius 1 is 0.957 bits per heavy atom. The van der Waals surface area contributed by atoms with Crippen molar-refractivity contribution in [3.63, 3.8) is 0 Å². The molecule has 3 saturated heterocycles. The summed E-state index contributed by atoms with van der Waals surface area (Å²) in [6.07, 6.45) is -3.39. The van der Waals surface area contributed by atoms with Gasteiger partial charge < -0.3 is 14.9 Å². The molecule has 250 valence electrons. The monoisotopic (exact) mass is 676 g/mol. The molecule has 2 aromatic carbocycles. The van der Waals surface area contributed by atoms with Gasteiger partial charge in [-0.3, -0.25) is 34.7 Å². The number of benzene rings is 2. The third-order valence-electron chi connectivity index (χ3n) is 9.52. The van der Waals surface area contributed by atoms with E-state index in [-0.39, 0.29) is 45.3 Å². The minimum atomic E-state index is -3.83. The van der Waals surface area contributed by atoms with E-state index in [0.717, 1.165) is 12.3 Å². The third kappa shape index (κ3) is 5.25. The zero-order valence-corrected chi connectivity index (χ0v) is 25.9. The lowest BCUT2D eigenvalue weighted by atomic mass is 9.95. The Bertz CT molecular complexity index is 1840. The zero-order chi connectivity index (χ0) is 33.6. The number of aliphatic hydroxyl groups excluding tert-OH is 1. The summed E-state index contributed by atoms with van der Waals surface area (Å²) >= 11 is 0. The van der Waals surface area contributed by atoms with E-state index in [0.29, 0.717) is 56.4 Å². The molecular formula is C30H31F3N6O7S. The van der Waals surface area contributed by atoms with E-state index >= 15 is 4.39 Å². The predicted molar refractivity (Wildman–Crippen MR) is 159 cm³/mol. The molecule has 0 radical (unpaired) electrons. The number of nitrogens with zero attached hydrogens (tertiary/aromatic N) is 4. The predicted octanol–water partition coefficient (Wildman–Crippen LogP) is -0.119. The summed E-state index contributed by atoms with van der Waals surface area (Å²) in [4.78, 5) is 56.2. The molecule has 0 bridgehead atoms. The van der Waals surface area contributed by atoms with Gasteiger partial charge in [-0.15, -0.1) is 0 Å². The molecule has 0 saturated carbocycles. The first kappa shape index (κ1) is 31.5. The summed E-state index contributed by atoms with van der Waals surface area (Å²) in [5, 5.41) is 14.9. The van der Waals surface area contributed by atoms with E-state index in [1.165, 1.54) is 18.2 Å². The van der Waals surface area contributed by atoms with Gasteiger partial charge in [0.15, 0.2) is 16.0 Å². The number of imide groups is 2. The fourth-order valence-corrected chi connectivity index (χ4v) is 8.13. The summed E-state index contributed by atoms with van der Waals surface area (Å²) in [5.74, 6) is -7.00. The standard InChI is InChI=1S/C30H31F3N6O7S/c1-47(45,46)22-3-2-20(18-10-30(32,33)25(41)24(18)22)38-13-15(14-38)12-36-4-6-37(7-5-36)21-9-17-16(8-19(21)31)28(43)39(29(17)44)26-27(42)35-23(40)11-34-26/h2-3,8-9,15,25-26,34,41H,4-7,10-14H2,1H3,(H,35,40,42)/t25-,26?/m0/s1. The number of hydrogen-bond acceptors (Lipinski definition) is 11. The highest BCUT2D eigenvalue weighted by atomic mass is 32.2. The second-order valence-electron chi connectivity index (χ2n) is 12.7. The third-order valence-corrected chi connectivity index (χ3v) is 10.7. The number of hydrogen-bond donors (Lipinski definition) is 3. The number of rotatable bonds is 6. The Labute approximate surface area is 267 Å². The van der Waals surface area contributed by atoms with Crippen LogP contribution in [0, 0.1) is 11.7 Å². The molecule has 1 aliphatic carbocycles. The summed E-state index contributed by atoms with van der Waals surface area (Å²) in [5.41, 5.74) is 0.395. The average molecular weight is 677 g/mol. The number of halogens is 3. The van der Waals surface area contributed by atoms with Crippen LogP contribution in [0.25, 0.3) is 0 Å². The molecule has 0 aromatic heterocycles. The van der Waals surface area contributed by atoms with Crippen molar-refractivity contribution in [3.05, 3.63) is 52.3 Å². The minimum absolute atomic E-state index is 0.0313. The van der Waals surface area contributed by atoms with Crippen LogP contribution in [-0.2, 0) is 25.8 Å². The number of piperazine rings is 2. The van der Waals surface area contributed by atoms with Gasteiger partial charge in [0, 0.05) is 75.7 Å². The maximum Gasteiger partial charge on any atom is 0.281 e. The molecule has 4 aliphatic heterocycles. The molecule has 17 heteroatoms. The number of nitrogens with one attached hydrogen (secondary N) is 2. The number of sulfone groups is 1. The van der Waals surface area contributed by atoms with Crippen LogP contribution in [0.3, 0.4) is 0 Å². The number of fused-ring (bicyclic) bond motifs is 2. The SMILES string of the molecule is CS(=O)(=O)c1ccc(N2CC(CN3CCN(c4cc5c(cc4F)C(=O)N(C4NCC(=O)NC4=O)C5=O)CC3)C2)c2c1[C@H](O)C(F)(F)C2. The summed E-state index contributed by atoms with van der Waals surface area (Å²) in [6, 6.07) is 5.14. The Morgan fingerprint density at radius 3 is 2.26 bits per heavy atom. The summed E-state index contributed by atoms with van der Waals surface area (Å²) in [6.45, 7) is 3.55. The topological polar surface area (TPSA) is 160 Å². The maximum atomic E-state index is 15.3. The number of aliphatic hydroxyl groups is 1. The molecule has 2 aromatic rings. The normalized spacial score (nSPS) is 24.8. The number of carbonyl (C=O) groups excluding carboxylic acids is 4. The van der Waals surface area contributed by atoms with Crippen molar-refractivity contribution in [3.8, 4) is 0 Å². The van der Waals surface area contributed by atoms with Gasteiger partial charge in [-0.05, 0) is 29.8 Å². The highest BCUT2D eigenvalue weighted by Gasteiger charge is 2.51. The highest BCUT2D eigenvalue weighted by molar-refractivity contribution is 7.90. The van der Waals surface area contributed by atoms with Gasteiger partial charge in [-0.2, -0.15) is 0 Å². The Balaban J connectivity index is 0.978. The van der Waals surface area contributed by atoms with Crippen LogP contribution in [-0.4, -0.2) is 118 Å². The molecule has 13 nitrogen and oxygen atoms in total. The van der Waals surface area contributed by atoms with Crippen molar-refractivity contribution < 1.29 is 45.9 Å². The smallest absolute Gasteiger partial charge is 0.281 e. The fourth-order valence-electron chi connectivity index (χ4n) is 7.18. The van der Waals surface area contributed by atoms with Gasteiger partial charge >= 0.3 is 0 Å². The molecule has 5 aliphatic rings. The lowest BCUT2D eigenvalue weighted by Gasteiger charge is -2.45. The van der Waals surface area contributed by atoms with Gasteiger partial charge in [-0.25, -0.2) is 26.5 Å². The van der Waals surface area contributed by atoms with E-state index in [2.05, 4.69) is 15.5 Å². The van der Waals surface area contributed by atoms with Crippen LogP contribution in [0.5, 0.6) is 0 Å². The van der Waals surface area contributed by atoms with Gasteiger partial charge in [0.25, 0.3) is 23.6 Å². The van der Waals surface area contributed by atoms with Crippen molar-refractivity contribution in [2.75, 3.05) is 68.4 Å². The first-order valence-corrected chi connectivity index (χ1v) is 17.0. The molecule has 1 unspecified atom stereocenters. The van der Waals surface area contributed by atoms with Crippen LogP contribution in [0.2, 0.25) is 0 Å². The van der Waals surface area contributed by atoms with Crippen LogP contribution in [0.4, 0.5) is 24.5 Å². The second kappa shape index (κ2) is 11.0. The minimum Gasteiger partial charge on any atom is -0.382 e. The number of amides is 4. The van der Waals surface area contributed by atoms with E-state index in [1.807, 2.05) is 4.90 Å². The first-order chi connectivity index (χ1) is 22.1. The lowest BCUT2D eigenvalue weighted by molar-refractivity contribution is -0.136. The van der Waals surface area contributed by atoms with Crippen molar-refractivity contribution in [2.24, 2.45) is 5.92 Å². The first-order valence-electron chi connectivity index (χ1n) is 15.1. The largest absolute Gasteiger partial charge is 0.382 e. The molecule has 3 N–H and O–H groups in total. The molecule has 7 rings (SSSR count). The Morgan fingerprint density at radius 2 is 1.62 bits per heavy atom. The van der Waals surface area contributed by atoms with Crippen LogP contribution >= 0.6 is 0 Å². The van der Waals surface area contributed by atoms with Crippen LogP contribution in [0.1, 0.15) is 37.9 Å². The van der Waals surface area contributed by atoms with Gasteiger partial charge in [0.1, 0.15) is 11.9 Å². The molecular weight excluding hydrogens is 645 g/mol. The number of alkyl halides is 2. The van der Waals surface area contributed by atoms with Crippen LogP contribution in [0.15, 0.2) is 29.2 Å². The van der Waals surface area contributed by atoms with E-state index < -0.39 is 63.9 Å². The van der Waals surface area contributed by atoms with Crippen molar-refractivity contribution in [1.82, 2.24) is 20.4 Å². The molecule has 4 amide bonds.